The van der Waals surface area contributed by atoms with Gasteiger partial charge in [-0.1, -0.05) is 0 Å². The van der Waals surface area contributed by atoms with Gasteiger partial charge in [0.25, 0.3) is 0 Å². The van der Waals surface area contributed by atoms with Crippen molar-refractivity contribution in [2.75, 3.05) is 0 Å². The number of aliphatic hydroxyl groups is 1. The summed E-state index contributed by atoms with van der Waals surface area (Å²) in [5, 5.41) is 9.28. The molecule has 3 nitrogen and oxygen atoms in total. The number of fused-ring (bicyclic) bond motifs is 1. The van der Waals surface area contributed by atoms with Gasteiger partial charge in [0.1, 0.15) is 18.3 Å². The third-order valence-electron chi connectivity index (χ3n) is 2.54. The zero-order chi connectivity index (χ0) is 6.01. The number of hydrogen-bond donors (Lipinski definition) is 1. The molecule has 0 amide bonds. The average Bonchev–Trinajstić information content (AvgIpc) is 2.20. The topological polar surface area (TPSA) is 38.7 Å². The van der Waals surface area contributed by atoms with Crippen molar-refractivity contribution in [2.45, 2.75) is 36.9 Å². The van der Waals surface area contributed by atoms with Crippen molar-refractivity contribution in [3.05, 3.63) is 0 Å². The Kier molecular flexibility index (Phi) is 0.604. The van der Waals surface area contributed by atoms with E-state index in [0.717, 1.165) is 6.42 Å². The van der Waals surface area contributed by atoms with Gasteiger partial charge >= 0.3 is 0 Å². The maximum atomic E-state index is 9.28. The molecule has 0 radical (unpaired) electrons. The smallest absolute Gasteiger partial charge is 0.115 e. The highest BCUT2D eigenvalue weighted by Gasteiger charge is 2.63. The summed E-state index contributed by atoms with van der Waals surface area (Å²) in [7, 11) is 0. The molecule has 1 N–H and O–H groups in total. The molecule has 3 heteroatoms. The Bertz CT molecular complexity index is 148. The Balaban J connectivity index is 2.00. The zero-order valence-electron chi connectivity index (χ0n) is 4.86. The molecule has 0 saturated carbocycles. The van der Waals surface area contributed by atoms with Gasteiger partial charge in [-0.25, -0.2) is 0 Å². The third-order valence-corrected chi connectivity index (χ3v) is 2.54. The maximum absolute atomic E-state index is 9.28. The van der Waals surface area contributed by atoms with Crippen molar-refractivity contribution in [1.29, 1.82) is 0 Å². The predicted octanol–water partition coefficient (Wildman–Crippen LogP) is -0.714. The fourth-order valence-electron chi connectivity index (χ4n) is 2.03. The Morgan fingerprint density at radius 2 is 1.89 bits per heavy atom. The first-order chi connectivity index (χ1) is 4.36. The van der Waals surface area contributed by atoms with Crippen LogP contribution in [-0.2, 0) is 9.47 Å². The van der Waals surface area contributed by atoms with Crippen molar-refractivity contribution in [1.82, 2.24) is 0 Å². The van der Waals surface area contributed by atoms with Crippen molar-refractivity contribution in [3.8, 4) is 0 Å². The van der Waals surface area contributed by atoms with Crippen LogP contribution in [-0.4, -0.2) is 35.6 Å². The summed E-state index contributed by atoms with van der Waals surface area (Å²) in [6, 6.07) is 0. The van der Waals surface area contributed by atoms with Gasteiger partial charge in [0.2, 0.25) is 0 Å². The van der Waals surface area contributed by atoms with E-state index < -0.39 is 0 Å². The standard InChI is InChI=1S/C6H8O3/c7-4-2-1-3-5(8-2)6(4)9-3/h2-7H,1H2. The highest BCUT2D eigenvalue weighted by Crippen LogP contribution is 2.46. The van der Waals surface area contributed by atoms with Crippen molar-refractivity contribution in [3.63, 3.8) is 0 Å². The lowest BCUT2D eigenvalue weighted by atomic mass is 9.87. The molecule has 5 atom stereocenters. The van der Waals surface area contributed by atoms with Crippen LogP contribution < -0.4 is 0 Å². The molecule has 3 rings (SSSR count). The van der Waals surface area contributed by atoms with E-state index in [1.54, 1.807) is 0 Å². The summed E-state index contributed by atoms with van der Waals surface area (Å²) < 4.78 is 10.6. The molecular formula is C6H8O3. The van der Waals surface area contributed by atoms with Crippen LogP contribution in [0.1, 0.15) is 6.42 Å². The van der Waals surface area contributed by atoms with Gasteiger partial charge in [0.15, 0.2) is 0 Å². The highest BCUT2D eigenvalue weighted by molar-refractivity contribution is 5.10. The van der Waals surface area contributed by atoms with E-state index in [-0.39, 0.29) is 24.4 Å². The fraction of sp³-hybridized carbons (Fsp3) is 1.00. The van der Waals surface area contributed by atoms with E-state index in [4.69, 9.17) is 9.47 Å². The monoisotopic (exact) mass is 128 g/mol. The summed E-state index contributed by atoms with van der Waals surface area (Å²) in [5.74, 6) is 0. The molecule has 3 aliphatic rings. The summed E-state index contributed by atoms with van der Waals surface area (Å²) in [4.78, 5) is 0. The van der Waals surface area contributed by atoms with E-state index in [1.165, 1.54) is 0 Å². The van der Waals surface area contributed by atoms with Crippen LogP contribution in [0.3, 0.4) is 0 Å². The van der Waals surface area contributed by atoms with Crippen molar-refractivity contribution >= 4 is 0 Å². The Labute approximate surface area is 52.6 Å². The number of aliphatic hydroxyl groups excluding tert-OH is 1. The van der Waals surface area contributed by atoms with E-state index in [1.807, 2.05) is 0 Å². The van der Waals surface area contributed by atoms with Crippen molar-refractivity contribution < 1.29 is 14.6 Å². The zero-order valence-corrected chi connectivity index (χ0v) is 4.86. The molecule has 9 heavy (non-hydrogen) atoms. The minimum Gasteiger partial charge on any atom is -0.388 e. The number of hydrogen-bond acceptors (Lipinski definition) is 3. The van der Waals surface area contributed by atoms with Gasteiger partial charge in [-0.3, -0.25) is 0 Å². The van der Waals surface area contributed by atoms with Crippen molar-refractivity contribution in [2.24, 2.45) is 0 Å². The minimum atomic E-state index is -0.333. The quantitative estimate of drug-likeness (QED) is 0.468. The molecule has 3 saturated heterocycles. The minimum absolute atomic E-state index is 0.0220. The molecule has 0 aliphatic carbocycles. The highest BCUT2D eigenvalue weighted by atomic mass is 16.7. The van der Waals surface area contributed by atoms with Crippen LogP contribution in [0.5, 0.6) is 0 Å². The molecule has 0 aromatic heterocycles. The molecular weight excluding hydrogens is 120 g/mol. The third kappa shape index (κ3) is 0.351. The number of ether oxygens (including phenoxy) is 2. The second-order valence-corrected chi connectivity index (χ2v) is 3.00. The SMILES string of the molecule is OC1C2CC3OC1C3O2. The predicted molar refractivity (Wildman–Crippen MR) is 27.9 cm³/mol. The van der Waals surface area contributed by atoms with E-state index >= 15 is 0 Å². The van der Waals surface area contributed by atoms with Crippen LogP contribution in [0, 0.1) is 0 Å². The Morgan fingerprint density at radius 3 is 2.22 bits per heavy atom. The molecule has 50 valence electrons. The first kappa shape index (κ1) is 4.66. The van der Waals surface area contributed by atoms with Gasteiger partial charge in [-0.2, -0.15) is 0 Å². The summed E-state index contributed by atoms with van der Waals surface area (Å²) in [6.45, 7) is 0. The first-order valence-corrected chi connectivity index (χ1v) is 3.35. The van der Waals surface area contributed by atoms with Crippen LogP contribution in [0.4, 0.5) is 0 Å². The molecule has 3 heterocycles. The lowest BCUT2D eigenvalue weighted by Gasteiger charge is -2.41. The molecule has 3 aliphatic heterocycles. The van der Waals surface area contributed by atoms with Crippen LogP contribution in [0.25, 0.3) is 0 Å². The van der Waals surface area contributed by atoms with E-state index in [9.17, 15) is 5.11 Å². The second-order valence-electron chi connectivity index (χ2n) is 3.00. The Hall–Kier alpha value is -0.120. The van der Waals surface area contributed by atoms with E-state index in [0.29, 0.717) is 6.10 Å². The molecule has 5 unspecified atom stereocenters. The van der Waals surface area contributed by atoms with Crippen LogP contribution in [0.15, 0.2) is 0 Å². The van der Waals surface area contributed by atoms with E-state index in [2.05, 4.69) is 0 Å². The van der Waals surface area contributed by atoms with Gasteiger partial charge in [0, 0.05) is 6.42 Å². The summed E-state index contributed by atoms with van der Waals surface area (Å²) in [6.07, 6.45) is 1.25. The Morgan fingerprint density at radius 1 is 1.11 bits per heavy atom. The first-order valence-electron chi connectivity index (χ1n) is 3.35. The maximum Gasteiger partial charge on any atom is 0.115 e. The van der Waals surface area contributed by atoms with Gasteiger partial charge in [0.05, 0.1) is 12.2 Å². The molecule has 0 aromatic carbocycles. The fourth-order valence-corrected chi connectivity index (χ4v) is 2.03. The average molecular weight is 128 g/mol. The normalized spacial score (nSPS) is 68.3. The van der Waals surface area contributed by atoms with Gasteiger partial charge in [-0.15, -0.1) is 0 Å². The molecule has 2 bridgehead atoms. The summed E-state index contributed by atoms with van der Waals surface area (Å²) in [5.41, 5.74) is 0. The lowest BCUT2D eigenvalue weighted by Crippen LogP contribution is -2.58. The molecule has 3 fully saturated rings. The van der Waals surface area contributed by atoms with Crippen LogP contribution >= 0.6 is 0 Å². The molecule has 0 aromatic rings. The number of rotatable bonds is 0. The molecule has 0 spiro atoms. The van der Waals surface area contributed by atoms with Gasteiger partial charge < -0.3 is 14.6 Å². The lowest BCUT2D eigenvalue weighted by molar-refractivity contribution is -0.202. The summed E-state index contributed by atoms with van der Waals surface area (Å²) >= 11 is 0. The largest absolute Gasteiger partial charge is 0.388 e. The van der Waals surface area contributed by atoms with Gasteiger partial charge in [-0.05, 0) is 0 Å². The van der Waals surface area contributed by atoms with Crippen LogP contribution in [0.2, 0.25) is 0 Å². The second kappa shape index (κ2) is 1.17.